The van der Waals surface area contributed by atoms with Crippen molar-refractivity contribution in [1.82, 2.24) is 20.5 Å². The first-order valence-corrected chi connectivity index (χ1v) is 18.0. The Morgan fingerprint density at radius 1 is 0.815 bits per heavy atom. The van der Waals surface area contributed by atoms with E-state index in [-0.39, 0.29) is 55.5 Å². The van der Waals surface area contributed by atoms with Gasteiger partial charge in [0.1, 0.15) is 35.7 Å². The monoisotopic (exact) mass is 764 g/mol. The number of nitrogens with zero attached hydrogens (tertiary/aromatic N) is 2. The fourth-order valence-corrected chi connectivity index (χ4v) is 6.39. The number of carbonyl (C=O) groups is 5. The molecule has 17 heteroatoms. The van der Waals surface area contributed by atoms with Gasteiger partial charge in [-0.2, -0.15) is 0 Å². The molecule has 0 aliphatic carbocycles. The summed E-state index contributed by atoms with van der Waals surface area (Å²) in [6.07, 6.45) is 0.756. The molecule has 54 heavy (non-hydrogen) atoms. The van der Waals surface area contributed by atoms with Crippen molar-refractivity contribution in [3.8, 4) is 22.4 Å². The van der Waals surface area contributed by atoms with Crippen LogP contribution in [0, 0.1) is 5.82 Å². The van der Waals surface area contributed by atoms with Gasteiger partial charge in [-0.3, -0.25) is 34.2 Å². The van der Waals surface area contributed by atoms with Gasteiger partial charge in [-0.1, -0.05) is 11.3 Å². The molecule has 3 heterocycles. The van der Waals surface area contributed by atoms with Crippen LogP contribution in [0.25, 0.3) is 10.2 Å². The average molecular weight is 765 g/mol. The van der Waals surface area contributed by atoms with Crippen LogP contribution in [0.1, 0.15) is 40.0 Å². The number of imide groups is 2. The van der Waals surface area contributed by atoms with Gasteiger partial charge < -0.3 is 33.7 Å². The molecule has 0 bridgehead atoms. The molecule has 4 aromatic rings. The highest BCUT2D eigenvalue weighted by molar-refractivity contribution is 7.20. The van der Waals surface area contributed by atoms with Gasteiger partial charge in [0.15, 0.2) is 6.61 Å². The van der Waals surface area contributed by atoms with Gasteiger partial charge in [-0.05, 0) is 73.5 Å². The SMILES string of the molecule is O=C(COc1ccc(Oc2nc3ccc(F)cc3s2)cc1)NCCCOCCOCCOCCOc1ccc2c(c1)C(=O)N(C1CCC(=O)NC1=O)C2=O. The molecule has 1 fully saturated rings. The lowest BCUT2D eigenvalue weighted by Crippen LogP contribution is -2.54. The Morgan fingerprint density at radius 3 is 2.26 bits per heavy atom. The minimum Gasteiger partial charge on any atom is -0.491 e. The van der Waals surface area contributed by atoms with Crippen LogP contribution in [0.3, 0.4) is 0 Å². The van der Waals surface area contributed by atoms with Crippen LogP contribution in [0.15, 0.2) is 60.7 Å². The number of carbonyl (C=O) groups excluding carboxylic acids is 5. The molecule has 3 aromatic carbocycles. The van der Waals surface area contributed by atoms with Crippen molar-refractivity contribution in [1.29, 1.82) is 0 Å². The first-order chi connectivity index (χ1) is 26.2. The Balaban J connectivity index is 0.744. The predicted molar refractivity (Wildman–Crippen MR) is 190 cm³/mol. The van der Waals surface area contributed by atoms with E-state index in [2.05, 4.69) is 15.6 Å². The molecule has 2 N–H and O–H groups in total. The summed E-state index contributed by atoms with van der Waals surface area (Å²) in [5, 5.41) is 5.34. The molecule has 0 radical (unpaired) electrons. The van der Waals surface area contributed by atoms with Crippen LogP contribution in [0.2, 0.25) is 0 Å². The van der Waals surface area contributed by atoms with E-state index in [1.54, 1.807) is 36.4 Å². The zero-order valence-electron chi connectivity index (χ0n) is 29.0. The fraction of sp³-hybridized carbons (Fsp3) is 0.351. The third-order valence-electron chi connectivity index (χ3n) is 8.17. The van der Waals surface area contributed by atoms with E-state index in [0.29, 0.717) is 78.7 Å². The summed E-state index contributed by atoms with van der Waals surface area (Å²) in [5.74, 6) is -1.45. The van der Waals surface area contributed by atoms with Crippen molar-refractivity contribution >= 4 is 51.1 Å². The summed E-state index contributed by atoms with van der Waals surface area (Å²) in [4.78, 5) is 66.8. The van der Waals surface area contributed by atoms with Gasteiger partial charge in [0.05, 0.1) is 54.4 Å². The smallest absolute Gasteiger partial charge is 0.279 e. The Morgan fingerprint density at radius 2 is 1.50 bits per heavy atom. The zero-order chi connectivity index (χ0) is 37.9. The molecule has 284 valence electrons. The summed E-state index contributed by atoms with van der Waals surface area (Å²) in [6, 6.07) is 14.6. The minimum absolute atomic E-state index is 0.0512. The van der Waals surface area contributed by atoms with Gasteiger partial charge in [-0.15, -0.1) is 0 Å². The number of amides is 5. The number of aromatic nitrogens is 1. The molecular formula is C37H37FN4O11S. The molecule has 6 rings (SSSR count). The number of fused-ring (bicyclic) bond motifs is 2. The van der Waals surface area contributed by atoms with Crippen molar-refractivity contribution in [3.05, 3.63) is 77.6 Å². The molecule has 0 spiro atoms. The Labute approximate surface area is 312 Å². The number of hydrogen-bond acceptors (Lipinski definition) is 13. The number of nitrogens with one attached hydrogen (secondary N) is 2. The van der Waals surface area contributed by atoms with Crippen LogP contribution in [0.5, 0.6) is 22.4 Å². The summed E-state index contributed by atoms with van der Waals surface area (Å²) >= 11 is 1.24. The lowest BCUT2D eigenvalue weighted by atomic mass is 10.0. The summed E-state index contributed by atoms with van der Waals surface area (Å²) in [5.41, 5.74) is 0.979. The van der Waals surface area contributed by atoms with Crippen molar-refractivity contribution in [3.63, 3.8) is 0 Å². The number of piperidine rings is 1. The van der Waals surface area contributed by atoms with E-state index < -0.39 is 29.7 Å². The van der Waals surface area contributed by atoms with Gasteiger partial charge >= 0.3 is 0 Å². The number of rotatable bonds is 20. The van der Waals surface area contributed by atoms with E-state index in [1.807, 2.05) is 0 Å². The standard InChI is InChI=1S/C37H37FN4O11S/c38-23-2-9-29-31(20-23)54-37(40-29)53-25-5-3-24(4-6-25)52-22-33(44)39-12-1-13-48-14-15-49-16-17-50-18-19-51-26-7-8-27-28(21-26)36(47)42(35(27)46)30-10-11-32(43)41-34(30)45/h2-9,20-21,30H,1,10-19,22H2,(H,39,44)(H,41,43,45). The highest BCUT2D eigenvalue weighted by Crippen LogP contribution is 2.33. The van der Waals surface area contributed by atoms with E-state index in [1.165, 1.54) is 35.6 Å². The predicted octanol–water partition coefficient (Wildman–Crippen LogP) is 3.64. The summed E-state index contributed by atoms with van der Waals surface area (Å²) < 4.78 is 47.6. The first-order valence-electron chi connectivity index (χ1n) is 17.2. The molecule has 1 atom stereocenters. The molecule has 5 amide bonds. The van der Waals surface area contributed by atoms with Gasteiger partial charge in [0.2, 0.25) is 11.8 Å². The zero-order valence-corrected chi connectivity index (χ0v) is 29.8. The Kier molecular flexibility index (Phi) is 13.1. The first kappa shape index (κ1) is 38.2. The summed E-state index contributed by atoms with van der Waals surface area (Å²) in [7, 11) is 0. The van der Waals surface area contributed by atoms with Crippen LogP contribution >= 0.6 is 11.3 Å². The molecule has 15 nitrogen and oxygen atoms in total. The second-order valence-corrected chi connectivity index (χ2v) is 13.0. The van der Waals surface area contributed by atoms with Crippen LogP contribution < -0.4 is 24.8 Å². The van der Waals surface area contributed by atoms with Gasteiger partial charge in [0, 0.05) is 19.6 Å². The summed E-state index contributed by atoms with van der Waals surface area (Å²) in [6.45, 7) is 2.65. The third-order valence-corrected chi connectivity index (χ3v) is 9.07. The maximum atomic E-state index is 13.4. The fourth-order valence-electron chi connectivity index (χ4n) is 5.53. The van der Waals surface area contributed by atoms with Gasteiger partial charge in [0.25, 0.3) is 22.9 Å². The minimum atomic E-state index is -1.03. The van der Waals surface area contributed by atoms with E-state index in [9.17, 15) is 28.4 Å². The van der Waals surface area contributed by atoms with Crippen molar-refractivity contribution in [2.24, 2.45) is 0 Å². The molecule has 1 saturated heterocycles. The second kappa shape index (κ2) is 18.5. The normalized spacial score (nSPS) is 15.4. The van der Waals surface area contributed by atoms with Crippen LogP contribution in [-0.4, -0.2) is 105 Å². The quantitative estimate of drug-likeness (QED) is 0.0987. The maximum absolute atomic E-state index is 13.4. The maximum Gasteiger partial charge on any atom is 0.279 e. The van der Waals surface area contributed by atoms with E-state index in [0.717, 1.165) is 4.90 Å². The molecule has 0 saturated carbocycles. The third kappa shape index (κ3) is 10.1. The number of hydrogen-bond donors (Lipinski definition) is 2. The van der Waals surface area contributed by atoms with E-state index in [4.69, 9.17) is 28.4 Å². The molecule has 2 aliphatic rings. The average Bonchev–Trinajstić information content (AvgIpc) is 3.67. The second-order valence-electron chi connectivity index (χ2n) is 12.0. The molecule has 1 aromatic heterocycles. The highest BCUT2D eigenvalue weighted by Gasteiger charge is 2.44. The lowest BCUT2D eigenvalue weighted by molar-refractivity contribution is -0.136. The Bertz CT molecular complexity index is 1990. The topological polar surface area (TPSA) is 181 Å². The van der Waals surface area contributed by atoms with Crippen LogP contribution in [-0.2, 0) is 28.6 Å². The number of halogens is 1. The number of benzene rings is 3. The number of thiazole rings is 1. The molecular weight excluding hydrogens is 727 g/mol. The number of ether oxygens (including phenoxy) is 6. The van der Waals surface area contributed by atoms with Crippen molar-refractivity contribution in [2.45, 2.75) is 25.3 Å². The largest absolute Gasteiger partial charge is 0.491 e. The van der Waals surface area contributed by atoms with Crippen molar-refractivity contribution in [2.75, 3.05) is 59.4 Å². The Hall–Kier alpha value is -5.49. The van der Waals surface area contributed by atoms with Gasteiger partial charge in [-0.25, -0.2) is 9.37 Å². The highest BCUT2D eigenvalue weighted by atomic mass is 32.1. The molecule has 2 aliphatic heterocycles. The molecule has 1 unspecified atom stereocenters. The lowest BCUT2D eigenvalue weighted by Gasteiger charge is -2.27. The van der Waals surface area contributed by atoms with Crippen molar-refractivity contribution < 1.29 is 56.8 Å². The van der Waals surface area contributed by atoms with Crippen LogP contribution in [0.4, 0.5) is 4.39 Å². The van der Waals surface area contributed by atoms with E-state index >= 15 is 0 Å².